The molecule has 1 saturated heterocycles. The van der Waals surface area contributed by atoms with Crippen molar-refractivity contribution < 1.29 is 32.0 Å². The molecule has 2 saturated carbocycles. The molecule has 40 heavy (non-hydrogen) atoms. The fourth-order valence-corrected chi connectivity index (χ4v) is 7.17. The van der Waals surface area contributed by atoms with E-state index in [2.05, 4.69) is 15.0 Å². The number of anilines is 1. The number of methoxy groups -OCH3 is 1. The second-order valence-electron chi connectivity index (χ2n) is 10.9. The van der Waals surface area contributed by atoms with Gasteiger partial charge >= 0.3 is 5.97 Å². The summed E-state index contributed by atoms with van der Waals surface area (Å²) in [6, 6.07) is 6.55. The van der Waals surface area contributed by atoms with Crippen molar-refractivity contribution >= 4 is 32.7 Å². The fourth-order valence-electron chi connectivity index (χ4n) is 6.13. The normalized spacial score (nSPS) is 22.3. The average molecular weight is 570 g/mol. The van der Waals surface area contributed by atoms with Crippen molar-refractivity contribution in [1.82, 2.24) is 10.1 Å². The van der Waals surface area contributed by atoms with Crippen LogP contribution < -0.4 is 4.90 Å². The highest BCUT2D eigenvalue weighted by Gasteiger charge is 2.43. The number of hydrogen-bond acceptors (Lipinski definition) is 8. The monoisotopic (exact) mass is 569 g/mol. The molecular formula is C29H26F3N3O4S. The number of ether oxygens (including phenoxy) is 2. The molecule has 2 aromatic carbocycles. The van der Waals surface area contributed by atoms with Gasteiger partial charge in [0.05, 0.1) is 35.6 Å². The number of halogens is 3. The second-order valence-corrected chi connectivity index (χ2v) is 11.9. The lowest BCUT2D eigenvalue weighted by molar-refractivity contribution is 0.0402. The first-order valence-electron chi connectivity index (χ1n) is 13.4. The molecule has 7 nitrogen and oxygen atoms in total. The van der Waals surface area contributed by atoms with Gasteiger partial charge in [0.2, 0.25) is 0 Å². The topological polar surface area (TPSA) is 77.7 Å². The first-order valence-corrected chi connectivity index (χ1v) is 14.2. The summed E-state index contributed by atoms with van der Waals surface area (Å²) >= 11 is 1.37. The minimum Gasteiger partial charge on any atom is -0.465 e. The maximum atomic E-state index is 14.6. The molecule has 7 rings (SSSR count). The van der Waals surface area contributed by atoms with Crippen molar-refractivity contribution in [2.75, 3.05) is 25.1 Å². The van der Waals surface area contributed by atoms with Crippen LogP contribution >= 0.6 is 11.3 Å². The molecule has 4 aromatic rings. The summed E-state index contributed by atoms with van der Waals surface area (Å²) < 4.78 is 61.0. The first kappa shape index (κ1) is 25.5. The van der Waals surface area contributed by atoms with Crippen LogP contribution in [0.3, 0.4) is 0 Å². The molecular weight excluding hydrogens is 543 g/mol. The Kier molecular flexibility index (Phi) is 6.31. The van der Waals surface area contributed by atoms with Gasteiger partial charge in [-0.05, 0) is 61.8 Å². The number of esters is 1. The Morgan fingerprint density at radius 2 is 1.82 bits per heavy atom. The lowest BCUT2D eigenvalue weighted by atomic mass is 10.0. The molecule has 208 valence electrons. The molecule has 3 aliphatic rings. The third-order valence-electron chi connectivity index (χ3n) is 8.27. The van der Waals surface area contributed by atoms with E-state index in [-0.39, 0.29) is 41.0 Å². The molecule has 3 heterocycles. The van der Waals surface area contributed by atoms with Gasteiger partial charge in [0.15, 0.2) is 10.9 Å². The predicted molar refractivity (Wildman–Crippen MR) is 142 cm³/mol. The van der Waals surface area contributed by atoms with Gasteiger partial charge < -0.3 is 18.9 Å². The number of thiazole rings is 1. The molecule has 2 unspecified atom stereocenters. The van der Waals surface area contributed by atoms with E-state index in [4.69, 9.17) is 14.0 Å². The van der Waals surface area contributed by atoms with Crippen LogP contribution in [0.4, 0.5) is 18.3 Å². The van der Waals surface area contributed by atoms with Gasteiger partial charge in [-0.15, -0.1) is 0 Å². The van der Waals surface area contributed by atoms with Gasteiger partial charge in [-0.2, -0.15) is 0 Å². The van der Waals surface area contributed by atoms with E-state index in [9.17, 15) is 18.0 Å². The lowest BCUT2D eigenvalue weighted by Crippen LogP contribution is -2.23. The number of hydrogen-bond donors (Lipinski definition) is 0. The van der Waals surface area contributed by atoms with Crippen molar-refractivity contribution in [2.24, 2.45) is 11.8 Å². The summed E-state index contributed by atoms with van der Waals surface area (Å²) in [6.07, 6.45) is 3.63. The molecule has 2 atom stereocenters. The fraction of sp³-hybridized carbons (Fsp3) is 0.414. The Hall–Kier alpha value is -3.44. The summed E-state index contributed by atoms with van der Waals surface area (Å²) in [5.41, 5.74) is 1.06. The SMILES string of the molecule is COC(=O)c1cc(F)c2nc(N3CC4CC(OCc5c(-c6c(F)cccc6F)noc5C5CC5)CC4C3)sc2c1. The van der Waals surface area contributed by atoms with Crippen LogP contribution in [0.5, 0.6) is 0 Å². The van der Waals surface area contributed by atoms with Gasteiger partial charge in [0.1, 0.15) is 28.6 Å². The molecule has 0 spiro atoms. The zero-order valence-electron chi connectivity index (χ0n) is 21.7. The van der Waals surface area contributed by atoms with Crippen LogP contribution in [0.1, 0.15) is 53.3 Å². The van der Waals surface area contributed by atoms with Gasteiger partial charge in [0, 0.05) is 24.6 Å². The van der Waals surface area contributed by atoms with Crippen molar-refractivity contribution in [2.45, 2.75) is 44.3 Å². The van der Waals surface area contributed by atoms with Crippen molar-refractivity contribution in [1.29, 1.82) is 0 Å². The Balaban J connectivity index is 1.04. The molecule has 2 aliphatic carbocycles. The second kappa shape index (κ2) is 9.88. The largest absolute Gasteiger partial charge is 0.465 e. The highest BCUT2D eigenvalue weighted by Crippen LogP contribution is 2.46. The Morgan fingerprint density at radius 1 is 1.10 bits per heavy atom. The standard InChI is InChI=1S/C29H26F3N3O4S/c1-37-28(36)15-9-22(32)26-23(10-15)40-29(33-26)35-11-16-7-18(8-17(16)12-35)38-13-19-25(34-39-27(19)14-5-6-14)24-20(30)3-2-4-21(24)31/h2-4,9-10,14,16-18H,5-8,11-13H2,1H3. The molecule has 0 amide bonds. The number of nitrogens with zero attached hydrogens (tertiary/aromatic N) is 3. The number of rotatable bonds is 7. The lowest BCUT2D eigenvalue weighted by Gasteiger charge is -2.19. The quantitative estimate of drug-likeness (QED) is 0.236. The van der Waals surface area contributed by atoms with Crippen LogP contribution in [0, 0.1) is 29.3 Å². The van der Waals surface area contributed by atoms with E-state index in [1.807, 2.05) is 0 Å². The minimum absolute atomic E-state index is 0.00727. The number of aromatic nitrogens is 2. The zero-order valence-corrected chi connectivity index (χ0v) is 22.5. The summed E-state index contributed by atoms with van der Waals surface area (Å²) in [5.74, 6) is -0.815. The Labute approximate surface area is 231 Å². The van der Waals surface area contributed by atoms with E-state index in [1.165, 1.54) is 36.6 Å². The number of carbonyl (C=O) groups is 1. The van der Waals surface area contributed by atoms with Crippen molar-refractivity contribution in [3.05, 3.63) is 64.7 Å². The van der Waals surface area contributed by atoms with Gasteiger partial charge in [-0.3, -0.25) is 0 Å². The third-order valence-corrected chi connectivity index (χ3v) is 9.33. The van der Waals surface area contributed by atoms with Gasteiger partial charge in [-0.1, -0.05) is 22.6 Å². The van der Waals surface area contributed by atoms with Crippen molar-refractivity contribution in [3.8, 4) is 11.3 Å². The molecule has 1 aliphatic heterocycles. The molecule has 0 bridgehead atoms. The molecule has 11 heteroatoms. The van der Waals surface area contributed by atoms with Crippen LogP contribution in [0.15, 0.2) is 34.9 Å². The van der Waals surface area contributed by atoms with E-state index < -0.39 is 23.4 Å². The van der Waals surface area contributed by atoms with Gasteiger partial charge in [0.25, 0.3) is 0 Å². The minimum atomic E-state index is -0.677. The third kappa shape index (κ3) is 4.45. The van der Waals surface area contributed by atoms with Crippen LogP contribution in [0.2, 0.25) is 0 Å². The average Bonchev–Trinajstić information content (AvgIpc) is 3.24. The smallest absolute Gasteiger partial charge is 0.338 e. The Bertz CT molecular complexity index is 1580. The maximum Gasteiger partial charge on any atom is 0.338 e. The first-order chi connectivity index (χ1) is 19.4. The van der Waals surface area contributed by atoms with E-state index in [1.54, 1.807) is 6.07 Å². The van der Waals surface area contributed by atoms with E-state index >= 15 is 0 Å². The highest BCUT2D eigenvalue weighted by molar-refractivity contribution is 7.22. The maximum absolute atomic E-state index is 14.6. The highest BCUT2D eigenvalue weighted by atomic mass is 32.1. The van der Waals surface area contributed by atoms with Crippen LogP contribution in [-0.4, -0.2) is 42.4 Å². The zero-order chi connectivity index (χ0) is 27.5. The molecule has 3 fully saturated rings. The number of fused-ring (bicyclic) bond motifs is 2. The molecule has 0 N–H and O–H groups in total. The number of carbonyl (C=O) groups excluding carboxylic acids is 1. The predicted octanol–water partition coefficient (Wildman–Crippen LogP) is 6.46. The van der Waals surface area contributed by atoms with E-state index in [0.29, 0.717) is 27.9 Å². The summed E-state index contributed by atoms with van der Waals surface area (Å²) in [5, 5.41) is 4.79. The summed E-state index contributed by atoms with van der Waals surface area (Å²) in [6.45, 7) is 1.75. The number of benzene rings is 2. The molecule has 2 aromatic heterocycles. The van der Waals surface area contributed by atoms with E-state index in [0.717, 1.165) is 50.0 Å². The Morgan fingerprint density at radius 3 is 2.50 bits per heavy atom. The summed E-state index contributed by atoms with van der Waals surface area (Å²) in [7, 11) is 1.27. The molecule has 0 radical (unpaired) electrons. The van der Waals surface area contributed by atoms with Crippen molar-refractivity contribution in [3.63, 3.8) is 0 Å². The summed E-state index contributed by atoms with van der Waals surface area (Å²) in [4.78, 5) is 18.6. The van der Waals surface area contributed by atoms with Gasteiger partial charge in [-0.25, -0.2) is 22.9 Å². The van der Waals surface area contributed by atoms with Crippen LogP contribution in [-0.2, 0) is 16.1 Å². The van der Waals surface area contributed by atoms with Crippen LogP contribution in [0.25, 0.3) is 21.5 Å².